The van der Waals surface area contributed by atoms with Gasteiger partial charge < -0.3 is 31.0 Å². The Morgan fingerprint density at radius 1 is 1.16 bits per heavy atom. The SMILES string of the molecule is Cc1cc(N2CCOCC2)ccc1Nc1nc(NC2CCC(CN)CC2)c2nc[nH]c2n1. The number of nitrogens with two attached hydrogens (primary N) is 1. The molecule has 9 nitrogen and oxygen atoms in total. The van der Waals surface area contributed by atoms with Gasteiger partial charge in [-0.3, -0.25) is 0 Å². The first-order chi connectivity index (χ1) is 15.7. The number of nitrogens with zero attached hydrogens (tertiary/aromatic N) is 4. The topological polar surface area (TPSA) is 117 Å². The molecule has 0 atom stereocenters. The molecule has 3 heterocycles. The van der Waals surface area contributed by atoms with Gasteiger partial charge in [-0.2, -0.15) is 9.97 Å². The van der Waals surface area contributed by atoms with Gasteiger partial charge >= 0.3 is 0 Å². The van der Waals surface area contributed by atoms with Crippen molar-refractivity contribution in [2.75, 3.05) is 48.4 Å². The predicted molar refractivity (Wildman–Crippen MR) is 128 cm³/mol. The number of fused-ring (bicyclic) bond motifs is 1. The lowest BCUT2D eigenvalue weighted by Crippen LogP contribution is -2.36. The number of H-pyrrole nitrogens is 1. The van der Waals surface area contributed by atoms with E-state index in [1.165, 1.54) is 5.69 Å². The number of aromatic amines is 1. The number of rotatable bonds is 6. The molecule has 1 aliphatic carbocycles. The number of ether oxygens (including phenoxy) is 1. The molecule has 3 aromatic rings. The minimum Gasteiger partial charge on any atom is -0.378 e. The van der Waals surface area contributed by atoms with Crippen molar-refractivity contribution in [2.45, 2.75) is 38.6 Å². The third kappa shape index (κ3) is 4.49. The fourth-order valence-electron chi connectivity index (χ4n) is 4.65. The van der Waals surface area contributed by atoms with Gasteiger partial charge in [0.2, 0.25) is 5.95 Å². The van der Waals surface area contributed by atoms with E-state index in [1.54, 1.807) is 6.33 Å². The van der Waals surface area contributed by atoms with E-state index in [1.807, 2.05) is 0 Å². The molecule has 2 aromatic heterocycles. The molecule has 9 heteroatoms. The highest BCUT2D eigenvalue weighted by Gasteiger charge is 2.22. The van der Waals surface area contributed by atoms with Crippen LogP contribution in [0.5, 0.6) is 0 Å². The second kappa shape index (κ2) is 9.30. The Morgan fingerprint density at radius 2 is 1.97 bits per heavy atom. The molecule has 32 heavy (non-hydrogen) atoms. The first-order valence-electron chi connectivity index (χ1n) is 11.6. The lowest BCUT2D eigenvalue weighted by Gasteiger charge is -2.29. The Kier molecular flexibility index (Phi) is 6.09. The fourth-order valence-corrected chi connectivity index (χ4v) is 4.65. The molecule has 2 aliphatic rings. The van der Waals surface area contributed by atoms with Gasteiger partial charge in [0.05, 0.1) is 19.5 Å². The highest BCUT2D eigenvalue weighted by molar-refractivity contribution is 5.84. The van der Waals surface area contributed by atoms with Crippen LogP contribution in [0, 0.1) is 12.8 Å². The van der Waals surface area contributed by atoms with E-state index in [4.69, 9.17) is 15.5 Å². The predicted octanol–water partition coefficient (Wildman–Crippen LogP) is 3.17. The summed E-state index contributed by atoms with van der Waals surface area (Å²) in [5, 5.41) is 7.02. The molecule has 1 aliphatic heterocycles. The van der Waals surface area contributed by atoms with Crippen molar-refractivity contribution in [1.82, 2.24) is 19.9 Å². The molecule has 1 saturated heterocycles. The molecule has 170 valence electrons. The van der Waals surface area contributed by atoms with Crippen LogP contribution in [-0.2, 0) is 4.74 Å². The Balaban J connectivity index is 1.34. The van der Waals surface area contributed by atoms with Crippen molar-refractivity contribution in [1.29, 1.82) is 0 Å². The summed E-state index contributed by atoms with van der Waals surface area (Å²) in [6, 6.07) is 6.83. The average Bonchev–Trinajstić information content (AvgIpc) is 3.30. The van der Waals surface area contributed by atoms with Crippen LogP contribution in [0.1, 0.15) is 31.2 Å². The maximum absolute atomic E-state index is 5.85. The highest BCUT2D eigenvalue weighted by Crippen LogP contribution is 2.29. The number of nitrogens with one attached hydrogen (secondary N) is 3. The summed E-state index contributed by atoms with van der Waals surface area (Å²) in [5.74, 6) is 1.98. The van der Waals surface area contributed by atoms with E-state index in [0.717, 1.165) is 86.8 Å². The number of benzene rings is 1. The number of aromatic nitrogens is 4. The van der Waals surface area contributed by atoms with E-state index in [0.29, 0.717) is 17.9 Å². The van der Waals surface area contributed by atoms with Gasteiger partial charge in [-0.25, -0.2) is 4.98 Å². The molecule has 2 fully saturated rings. The quantitative estimate of drug-likeness (QED) is 0.465. The molecule has 0 amide bonds. The Bertz CT molecular complexity index is 1050. The van der Waals surface area contributed by atoms with Crippen LogP contribution < -0.4 is 21.3 Å². The van der Waals surface area contributed by atoms with E-state index in [2.05, 4.69) is 55.6 Å². The van der Waals surface area contributed by atoms with Crippen molar-refractivity contribution in [3.05, 3.63) is 30.1 Å². The monoisotopic (exact) mass is 436 g/mol. The number of anilines is 4. The maximum atomic E-state index is 5.85. The zero-order chi connectivity index (χ0) is 21.9. The van der Waals surface area contributed by atoms with Gasteiger partial charge in [0.15, 0.2) is 11.5 Å². The Hall–Kier alpha value is -2.91. The molecule has 0 radical (unpaired) electrons. The van der Waals surface area contributed by atoms with Gasteiger partial charge in [0, 0.05) is 30.5 Å². The summed E-state index contributed by atoms with van der Waals surface area (Å²) < 4.78 is 5.47. The van der Waals surface area contributed by atoms with E-state index >= 15 is 0 Å². The summed E-state index contributed by atoms with van der Waals surface area (Å²) in [6.07, 6.45) is 6.18. The van der Waals surface area contributed by atoms with Crippen molar-refractivity contribution < 1.29 is 4.74 Å². The average molecular weight is 437 g/mol. The summed E-state index contributed by atoms with van der Waals surface area (Å²) in [7, 11) is 0. The van der Waals surface area contributed by atoms with Crippen LogP contribution in [0.3, 0.4) is 0 Å². The molecule has 0 unspecified atom stereocenters. The van der Waals surface area contributed by atoms with Crippen LogP contribution in [0.4, 0.5) is 23.1 Å². The first-order valence-corrected chi connectivity index (χ1v) is 11.6. The smallest absolute Gasteiger partial charge is 0.231 e. The number of aryl methyl sites for hydroxylation is 1. The second-order valence-corrected chi connectivity index (χ2v) is 8.82. The maximum Gasteiger partial charge on any atom is 0.231 e. The number of hydrogen-bond acceptors (Lipinski definition) is 8. The van der Waals surface area contributed by atoms with Crippen LogP contribution in [0.2, 0.25) is 0 Å². The van der Waals surface area contributed by atoms with Gasteiger partial charge in [0.25, 0.3) is 0 Å². The van der Waals surface area contributed by atoms with Gasteiger partial charge in [0.1, 0.15) is 5.52 Å². The molecule has 1 saturated carbocycles. The Morgan fingerprint density at radius 3 is 2.72 bits per heavy atom. The summed E-state index contributed by atoms with van der Waals surface area (Å²) >= 11 is 0. The summed E-state index contributed by atoms with van der Waals surface area (Å²) in [5.41, 5.74) is 10.7. The molecule has 0 spiro atoms. The number of hydrogen-bond donors (Lipinski definition) is 4. The molecule has 1 aromatic carbocycles. The van der Waals surface area contributed by atoms with Crippen molar-refractivity contribution in [3.8, 4) is 0 Å². The largest absolute Gasteiger partial charge is 0.378 e. The Labute approximate surface area is 188 Å². The number of morpholine rings is 1. The van der Waals surface area contributed by atoms with E-state index < -0.39 is 0 Å². The summed E-state index contributed by atoms with van der Waals surface area (Å²) in [4.78, 5) is 19.3. The van der Waals surface area contributed by atoms with Crippen LogP contribution in [-0.4, -0.2) is 58.8 Å². The molecule has 5 N–H and O–H groups in total. The second-order valence-electron chi connectivity index (χ2n) is 8.82. The zero-order valence-corrected chi connectivity index (χ0v) is 18.6. The highest BCUT2D eigenvalue weighted by atomic mass is 16.5. The van der Waals surface area contributed by atoms with E-state index in [9.17, 15) is 0 Å². The van der Waals surface area contributed by atoms with Gasteiger partial charge in [-0.15, -0.1) is 0 Å². The standard InChI is InChI=1S/C23H32N8O/c1-15-12-18(31-8-10-32-11-9-31)6-7-19(15)28-23-29-21-20(25-14-26-21)22(30-23)27-17-4-2-16(13-24)3-5-17/h6-7,12,14,16-17H,2-5,8-11,13,24H2,1H3,(H3,25,26,27,28,29,30). The van der Waals surface area contributed by atoms with Crippen molar-refractivity contribution in [2.24, 2.45) is 11.7 Å². The third-order valence-electron chi connectivity index (χ3n) is 6.63. The minimum absolute atomic E-state index is 0.384. The van der Waals surface area contributed by atoms with Crippen molar-refractivity contribution >= 4 is 34.3 Å². The fraction of sp³-hybridized carbons (Fsp3) is 0.522. The lowest BCUT2D eigenvalue weighted by molar-refractivity contribution is 0.122. The molecule has 5 rings (SSSR count). The normalized spacial score (nSPS) is 21.6. The molecular weight excluding hydrogens is 404 g/mol. The first kappa shape index (κ1) is 21.0. The summed E-state index contributed by atoms with van der Waals surface area (Å²) in [6.45, 7) is 6.29. The molecular formula is C23H32N8O. The van der Waals surface area contributed by atoms with E-state index in [-0.39, 0.29) is 0 Å². The molecule has 0 bridgehead atoms. The van der Waals surface area contributed by atoms with Crippen LogP contribution in [0.25, 0.3) is 11.2 Å². The zero-order valence-electron chi connectivity index (χ0n) is 18.6. The van der Waals surface area contributed by atoms with Crippen LogP contribution >= 0.6 is 0 Å². The minimum atomic E-state index is 0.384. The number of imidazole rings is 1. The van der Waals surface area contributed by atoms with Gasteiger partial charge in [-0.1, -0.05) is 0 Å². The lowest BCUT2D eigenvalue weighted by atomic mass is 9.86. The van der Waals surface area contributed by atoms with Crippen molar-refractivity contribution in [3.63, 3.8) is 0 Å². The third-order valence-corrected chi connectivity index (χ3v) is 6.63. The van der Waals surface area contributed by atoms with Gasteiger partial charge in [-0.05, 0) is 68.8 Å². The van der Waals surface area contributed by atoms with Crippen LogP contribution in [0.15, 0.2) is 24.5 Å².